The summed E-state index contributed by atoms with van der Waals surface area (Å²) in [6, 6.07) is 12.1. The number of aliphatic hydroxyl groups excluding tert-OH is 1. The minimum Gasteiger partial charge on any atom is -0.493 e. The van der Waals surface area contributed by atoms with E-state index >= 15 is 0 Å². The van der Waals surface area contributed by atoms with E-state index in [0.717, 1.165) is 0 Å². The van der Waals surface area contributed by atoms with Gasteiger partial charge in [0.25, 0.3) is 0 Å². The van der Waals surface area contributed by atoms with Crippen molar-refractivity contribution in [2.24, 2.45) is 0 Å². The molecule has 5 heteroatoms. The molecule has 2 aromatic carbocycles. The number of halogens is 1. The fourth-order valence-electron chi connectivity index (χ4n) is 1.69. The van der Waals surface area contributed by atoms with Crippen LogP contribution in [-0.2, 0) is 6.61 Å². The summed E-state index contributed by atoms with van der Waals surface area (Å²) in [4.78, 5) is 12.1. The summed E-state index contributed by atoms with van der Waals surface area (Å²) in [5.74, 6) is 0.336. The summed E-state index contributed by atoms with van der Waals surface area (Å²) in [5, 5.41) is 9.17. The van der Waals surface area contributed by atoms with Gasteiger partial charge in [0.1, 0.15) is 0 Å². The number of carbonyl (C=O) groups is 1. The van der Waals surface area contributed by atoms with E-state index < -0.39 is 5.97 Å². The van der Waals surface area contributed by atoms with Gasteiger partial charge in [-0.05, 0) is 52.4 Å². The molecule has 20 heavy (non-hydrogen) atoms. The number of benzene rings is 2. The maximum absolute atomic E-state index is 12.1. The van der Waals surface area contributed by atoms with Crippen LogP contribution in [0.3, 0.4) is 0 Å². The topological polar surface area (TPSA) is 55.8 Å². The zero-order valence-corrected chi connectivity index (χ0v) is 13.0. The first kappa shape index (κ1) is 14.8. The smallest absolute Gasteiger partial charge is 0.343 e. The van der Waals surface area contributed by atoms with Gasteiger partial charge >= 0.3 is 5.97 Å². The van der Waals surface area contributed by atoms with Crippen molar-refractivity contribution in [2.75, 3.05) is 7.11 Å². The average Bonchev–Trinajstić information content (AvgIpc) is 2.49. The molecule has 0 unspecified atom stereocenters. The Morgan fingerprint density at radius 3 is 2.55 bits per heavy atom. The molecule has 0 radical (unpaired) electrons. The second-order valence-electron chi connectivity index (χ2n) is 4.02. The molecule has 0 aliphatic carbocycles. The highest BCUT2D eigenvalue weighted by molar-refractivity contribution is 14.1. The van der Waals surface area contributed by atoms with E-state index in [-0.39, 0.29) is 6.61 Å². The lowest BCUT2D eigenvalue weighted by atomic mass is 10.2. The molecule has 0 atom stereocenters. The summed E-state index contributed by atoms with van der Waals surface area (Å²) >= 11 is 2.04. The third-order valence-electron chi connectivity index (χ3n) is 2.68. The van der Waals surface area contributed by atoms with Crippen LogP contribution >= 0.6 is 22.6 Å². The fourth-order valence-corrected chi connectivity index (χ4v) is 2.47. The predicted molar refractivity (Wildman–Crippen MR) is 83.0 cm³/mol. The Kier molecular flexibility index (Phi) is 4.97. The van der Waals surface area contributed by atoms with E-state index in [9.17, 15) is 4.79 Å². The van der Waals surface area contributed by atoms with Crippen molar-refractivity contribution in [1.82, 2.24) is 0 Å². The summed E-state index contributed by atoms with van der Waals surface area (Å²) in [6.07, 6.45) is 0. The van der Waals surface area contributed by atoms with Gasteiger partial charge in [0.2, 0.25) is 0 Å². The molecule has 104 valence electrons. The monoisotopic (exact) mass is 384 g/mol. The zero-order valence-electron chi connectivity index (χ0n) is 10.8. The number of esters is 1. The van der Waals surface area contributed by atoms with Crippen molar-refractivity contribution in [2.45, 2.75) is 6.61 Å². The third kappa shape index (κ3) is 3.29. The van der Waals surface area contributed by atoms with E-state index in [1.165, 1.54) is 7.11 Å². The van der Waals surface area contributed by atoms with Crippen molar-refractivity contribution in [3.8, 4) is 11.5 Å². The molecule has 0 spiro atoms. The van der Waals surface area contributed by atoms with Gasteiger partial charge < -0.3 is 14.6 Å². The summed E-state index contributed by atoms with van der Waals surface area (Å²) in [7, 11) is 1.49. The van der Waals surface area contributed by atoms with Crippen LogP contribution < -0.4 is 9.47 Å². The lowest BCUT2D eigenvalue weighted by Gasteiger charge is -2.12. The van der Waals surface area contributed by atoms with Gasteiger partial charge in [-0.3, -0.25) is 0 Å². The number of rotatable bonds is 4. The number of carbonyl (C=O) groups excluding carboxylic acids is 1. The normalized spacial score (nSPS) is 10.2. The molecule has 0 saturated heterocycles. The summed E-state index contributed by atoms with van der Waals surface area (Å²) < 4.78 is 11.3. The molecule has 0 amide bonds. The molecule has 0 aromatic heterocycles. The van der Waals surface area contributed by atoms with Crippen LogP contribution in [-0.4, -0.2) is 18.2 Å². The Morgan fingerprint density at radius 2 is 1.95 bits per heavy atom. The van der Waals surface area contributed by atoms with Crippen LogP contribution in [0.25, 0.3) is 0 Å². The summed E-state index contributed by atoms with van der Waals surface area (Å²) in [5.41, 5.74) is 1.17. The second kappa shape index (κ2) is 6.71. The third-order valence-corrected chi connectivity index (χ3v) is 3.48. The van der Waals surface area contributed by atoms with Crippen LogP contribution in [0.2, 0.25) is 0 Å². The van der Waals surface area contributed by atoms with Gasteiger partial charge in [0, 0.05) is 0 Å². The van der Waals surface area contributed by atoms with Gasteiger partial charge in [-0.1, -0.05) is 18.2 Å². The Morgan fingerprint density at radius 1 is 1.25 bits per heavy atom. The molecule has 0 bridgehead atoms. The molecule has 0 aliphatic heterocycles. The van der Waals surface area contributed by atoms with Crippen molar-refractivity contribution < 1.29 is 19.4 Å². The van der Waals surface area contributed by atoms with Gasteiger partial charge in [-0.15, -0.1) is 0 Å². The van der Waals surface area contributed by atoms with Crippen LogP contribution in [0, 0.1) is 3.57 Å². The Labute approximate surface area is 130 Å². The molecule has 0 aliphatic rings. The Hall–Kier alpha value is -1.60. The predicted octanol–water partition coefficient (Wildman–Crippen LogP) is 3.01. The molecule has 0 saturated carbocycles. The average molecular weight is 384 g/mol. The van der Waals surface area contributed by atoms with Crippen LogP contribution in [0.4, 0.5) is 0 Å². The molecule has 0 heterocycles. The highest BCUT2D eigenvalue weighted by Gasteiger charge is 2.16. The minimum absolute atomic E-state index is 0.0979. The van der Waals surface area contributed by atoms with E-state index in [4.69, 9.17) is 14.6 Å². The largest absolute Gasteiger partial charge is 0.493 e. The lowest BCUT2D eigenvalue weighted by molar-refractivity contribution is 0.0728. The number of aliphatic hydroxyl groups is 1. The van der Waals surface area contributed by atoms with Crippen LogP contribution in [0.1, 0.15) is 15.9 Å². The lowest BCUT2D eigenvalue weighted by Crippen LogP contribution is -2.10. The molecular formula is C15H13IO4. The first-order chi connectivity index (χ1) is 9.65. The van der Waals surface area contributed by atoms with Crippen molar-refractivity contribution in [3.63, 3.8) is 0 Å². The highest BCUT2D eigenvalue weighted by Crippen LogP contribution is 2.34. The van der Waals surface area contributed by atoms with Gasteiger partial charge in [-0.2, -0.15) is 0 Å². The Balaban J connectivity index is 2.31. The van der Waals surface area contributed by atoms with E-state index in [0.29, 0.717) is 26.2 Å². The Bertz CT molecular complexity index is 611. The zero-order chi connectivity index (χ0) is 14.5. The standard InChI is InChI=1S/C15H13IO4/c1-19-13-8-10(9-17)7-12(16)14(13)20-15(18)11-5-3-2-4-6-11/h2-8,17H,9H2,1H3. The number of ether oxygens (including phenoxy) is 2. The molecular weight excluding hydrogens is 371 g/mol. The van der Waals surface area contributed by atoms with Crippen LogP contribution in [0.5, 0.6) is 11.5 Å². The second-order valence-corrected chi connectivity index (χ2v) is 5.18. The van der Waals surface area contributed by atoms with E-state index in [1.54, 1.807) is 36.4 Å². The fraction of sp³-hybridized carbons (Fsp3) is 0.133. The SMILES string of the molecule is COc1cc(CO)cc(I)c1OC(=O)c1ccccc1. The maximum Gasteiger partial charge on any atom is 0.343 e. The van der Waals surface area contributed by atoms with Gasteiger partial charge in [0.15, 0.2) is 11.5 Å². The van der Waals surface area contributed by atoms with Gasteiger partial charge in [-0.25, -0.2) is 4.79 Å². The first-order valence-electron chi connectivity index (χ1n) is 5.90. The molecule has 1 N–H and O–H groups in total. The van der Waals surface area contributed by atoms with Gasteiger partial charge in [0.05, 0.1) is 22.9 Å². The molecule has 4 nitrogen and oxygen atoms in total. The molecule has 0 fully saturated rings. The van der Waals surface area contributed by atoms with E-state index in [2.05, 4.69) is 0 Å². The number of hydrogen-bond acceptors (Lipinski definition) is 4. The van der Waals surface area contributed by atoms with Crippen molar-refractivity contribution in [1.29, 1.82) is 0 Å². The van der Waals surface area contributed by atoms with Crippen molar-refractivity contribution >= 4 is 28.6 Å². The highest BCUT2D eigenvalue weighted by atomic mass is 127. The first-order valence-corrected chi connectivity index (χ1v) is 6.98. The molecule has 2 rings (SSSR count). The molecule has 2 aromatic rings. The number of hydrogen-bond donors (Lipinski definition) is 1. The van der Waals surface area contributed by atoms with Crippen molar-refractivity contribution in [3.05, 3.63) is 57.2 Å². The minimum atomic E-state index is -0.446. The van der Waals surface area contributed by atoms with E-state index in [1.807, 2.05) is 28.7 Å². The maximum atomic E-state index is 12.1. The summed E-state index contributed by atoms with van der Waals surface area (Å²) in [6.45, 7) is -0.0979. The quantitative estimate of drug-likeness (QED) is 0.500. The van der Waals surface area contributed by atoms with Crippen LogP contribution in [0.15, 0.2) is 42.5 Å². The number of methoxy groups -OCH3 is 1.